The lowest BCUT2D eigenvalue weighted by atomic mass is 9.79. The molecule has 1 saturated carbocycles. The monoisotopic (exact) mass is 336 g/mol. The molecule has 136 valence electrons. The first kappa shape index (κ1) is 17.6. The van der Waals surface area contributed by atoms with Gasteiger partial charge in [-0.2, -0.15) is 0 Å². The Balaban J connectivity index is 1.60. The minimum Gasteiger partial charge on any atom is -0.444 e. The van der Waals surface area contributed by atoms with Crippen molar-refractivity contribution >= 4 is 11.8 Å². The van der Waals surface area contributed by atoms with E-state index in [4.69, 9.17) is 9.57 Å². The summed E-state index contributed by atoms with van der Waals surface area (Å²) in [5.74, 6) is 2.57. The molecular formula is C19H32N2O3. The van der Waals surface area contributed by atoms with E-state index in [2.05, 4.69) is 32.9 Å². The highest BCUT2D eigenvalue weighted by Gasteiger charge is 2.62. The molecule has 2 heterocycles. The van der Waals surface area contributed by atoms with E-state index in [1.807, 2.05) is 25.7 Å². The molecule has 0 aromatic heterocycles. The third-order valence-electron chi connectivity index (χ3n) is 5.48. The van der Waals surface area contributed by atoms with Crippen LogP contribution in [0.5, 0.6) is 0 Å². The van der Waals surface area contributed by atoms with Crippen LogP contribution < -0.4 is 0 Å². The standard InChI is InChI=1S/C19H32N2O3/c1-11(2)8-14-16(20-24-19(14,6)7)15-12-9-21(10-13(12)15)17(22)23-18(3,4)5/h11-15H,8-10H2,1-7H3/t12-,13+,14?,15?. The van der Waals surface area contributed by atoms with Crippen molar-refractivity contribution in [1.29, 1.82) is 0 Å². The number of carbonyl (C=O) groups excluding carboxylic acids is 1. The van der Waals surface area contributed by atoms with Crippen LogP contribution in [0.3, 0.4) is 0 Å². The number of hydrogen-bond donors (Lipinski definition) is 0. The lowest BCUT2D eigenvalue weighted by molar-refractivity contribution is -0.0184. The number of hydrogen-bond acceptors (Lipinski definition) is 4. The number of oxime groups is 1. The van der Waals surface area contributed by atoms with Crippen LogP contribution in [0, 0.1) is 29.6 Å². The summed E-state index contributed by atoms with van der Waals surface area (Å²) in [7, 11) is 0. The van der Waals surface area contributed by atoms with Crippen LogP contribution in [0.15, 0.2) is 5.16 Å². The zero-order valence-corrected chi connectivity index (χ0v) is 16.1. The molecule has 1 amide bonds. The first-order valence-electron chi connectivity index (χ1n) is 9.23. The fourth-order valence-electron chi connectivity index (χ4n) is 4.26. The van der Waals surface area contributed by atoms with Crippen LogP contribution >= 0.6 is 0 Å². The summed E-state index contributed by atoms with van der Waals surface area (Å²) in [4.78, 5) is 19.8. The second kappa shape index (κ2) is 5.63. The normalized spacial score (nSPS) is 34.0. The molecule has 0 aromatic rings. The van der Waals surface area contributed by atoms with Crippen molar-refractivity contribution in [3.8, 4) is 0 Å². The van der Waals surface area contributed by atoms with Crippen LogP contribution in [-0.4, -0.2) is 41.0 Å². The zero-order valence-electron chi connectivity index (χ0n) is 16.1. The smallest absolute Gasteiger partial charge is 0.410 e. The number of nitrogens with zero attached hydrogens (tertiary/aromatic N) is 2. The Labute approximate surface area is 145 Å². The zero-order chi connectivity index (χ0) is 17.9. The van der Waals surface area contributed by atoms with E-state index in [0.29, 0.717) is 29.6 Å². The van der Waals surface area contributed by atoms with Gasteiger partial charge in [-0.3, -0.25) is 0 Å². The Hall–Kier alpha value is -1.26. The molecule has 1 aliphatic carbocycles. The van der Waals surface area contributed by atoms with Gasteiger partial charge < -0.3 is 14.5 Å². The van der Waals surface area contributed by atoms with Gasteiger partial charge in [0.1, 0.15) is 11.2 Å². The molecule has 3 rings (SSSR count). The minimum absolute atomic E-state index is 0.183. The maximum atomic E-state index is 12.2. The molecule has 2 unspecified atom stereocenters. The summed E-state index contributed by atoms with van der Waals surface area (Å²) in [6.45, 7) is 16.1. The summed E-state index contributed by atoms with van der Waals surface area (Å²) in [5, 5.41) is 4.48. The van der Waals surface area contributed by atoms with Gasteiger partial charge in [0.15, 0.2) is 0 Å². The van der Waals surface area contributed by atoms with E-state index in [9.17, 15) is 4.79 Å². The van der Waals surface area contributed by atoms with Gasteiger partial charge in [0, 0.05) is 24.9 Å². The molecule has 0 N–H and O–H groups in total. The lowest BCUT2D eigenvalue weighted by Crippen LogP contribution is -2.39. The number of carbonyl (C=O) groups is 1. The predicted octanol–water partition coefficient (Wildman–Crippen LogP) is 3.93. The molecule has 0 spiro atoms. The quantitative estimate of drug-likeness (QED) is 0.785. The number of amides is 1. The van der Waals surface area contributed by atoms with Crippen molar-refractivity contribution in [1.82, 2.24) is 4.90 Å². The Morgan fingerprint density at radius 3 is 2.42 bits per heavy atom. The Kier molecular flexibility index (Phi) is 4.12. The summed E-state index contributed by atoms with van der Waals surface area (Å²) < 4.78 is 5.49. The Morgan fingerprint density at radius 2 is 1.92 bits per heavy atom. The molecule has 5 heteroatoms. The molecule has 0 radical (unpaired) electrons. The highest BCUT2D eigenvalue weighted by Crippen LogP contribution is 2.56. The lowest BCUT2D eigenvalue weighted by Gasteiger charge is -2.28. The molecule has 1 saturated heterocycles. The predicted molar refractivity (Wildman–Crippen MR) is 93.8 cm³/mol. The van der Waals surface area contributed by atoms with Crippen molar-refractivity contribution in [2.24, 2.45) is 34.7 Å². The maximum absolute atomic E-state index is 12.2. The van der Waals surface area contributed by atoms with Crippen LogP contribution in [0.4, 0.5) is 4.79 Å². The largest absolute Gasteiger partial charge is 0.444 e. The van der Waals surface area contributed by atoms with Gasteiger partial charge in [-0.15, -0.1) is 0 Å². The average molecular weight is 336 g/mol. The third-order valence-corrected chi connectivity index (χ3v) is 5.48. The van der Waals surface area contributed by atoms with Crippen LogP contribution in [0.1, 0.15) is 54.9 Å². The van der Waals surface area contributed by atoms with Crippen molar-refractivity contribution in [3.05, 3.63) is 0 Å². The van der Waals surface area contributed by atoms with Gasteiger partial charge in [0.05, 0.1) is 5.71 Å². The molecule has 3 aliphatic rings. The number of piperidine rings is 1. The van der Waals surface area contributed by atoms with E-state index < -0.39 is 5.60 Å². The summed E-state index contributed by atoms with van der Waals surface area (Å²) in [6, 6.07) is 0. The number of fused-ring (bicyclic) bond motifs is 1. The Bertz CT molecular complexity index is 535. The number of ether oxygens (including phenoxy) is 1. The second-order valence-corrected chi connectivity index (χ2v) is 9.63. The third kappa shape index (κ3) is 3.27. The fourth-order valence-corrected chi connectivity index (χ4v) is 4.26. The maximum Gasteiger partial charge on any atom is 0.410 e. The number of rotatable bonds is 3. The van der Waals surface area contributed by atoms with Crippen LogP contribution in [0.2, 0.25) is 0 Å². The second-order valence-electron chi connectivity index (χ2n) is 9.63. The Morgan fingerprint density at radius 1 is 1.33 bits per heavy atom. The summed E-state index contributed by atoms with van der Waals surface area (Å²) >= 11 is 0. The highest BCUT2D eigenvalue weighted by atomic mass is 16.7. The van der Waals surface area contributed by atoms with Crippen molar-refractivity contribution in [2.45, 2.75) is 66.1 Å². The number of likely N-dealkylation sites (tertiary alicyclic amines) is 1. The van der Waals surface area contributed by atoms with E-state index >= 15 is 0 Å². The topological polar surface area (TPSA) is 51.1 Å². The molecule has 4 atom stereocenters. The van der Waals surface area contributed by atoms with Gasteiger partial charge in [0.25, 0.3) is 0 Å². The highest BCUT2D eigenvalue weighted by molar-refractivity contribution is 5.94. The van der Waals surface area contributed by atoms with Gasteiger partial charge in [-0.1, -0.05) is 19.0 Å². The first-order valence-corrected chi connectivity index (χ1v) is 9.23. The molecule has 24 heavy (non-hydrogen) atoms. The van der Waals surface area contributed by atoms with E-state index in [-0.39, 0.29) is 11.7 Å². The van der Waals surface area contributed by atoms with Gasteiger partial charge in [0.2, 0.25) is 0 Å². The van der Waals surface area contributed by atoms with Crippen LogP contribution in [-0.2, 0) is 9.57 Å². The van der Waals surface area contributed by atoms with E-state index in [0.717, 1.165) is 19.5 Å². The summed E-state index contributed by atoms with van der Waals surface area (Å²) in [5.41, 5.74) is 0.605. The van der Waals surface area contributed by atoms with Crippen molar-refractivity contribution in [3.63, 3.8) is 0 Å². The molecule has 0 aromatic carbocycles. The van der Waals surface area contributed by atoms with Gasteiger partial charge in [-0.25, -0.2) is 4.79 Å². The van der Waals surface area contributed by atoms with Crippen molar-refractivity contribution in [2.75, 3.05) is 13.1 Å². The minimum atomic E-state index is -0.432. The molecule has 2 fully saturated rings. The molecule has 2 aliphatic heterocycles. The SMILES string of the molecule is CC(C)CC1C(C2[C@H]3CN(C(=O)OC(C)(C)C)C[C@@H]23)=NOC1(C)C. The molecule has 0 bridgehead atoms. The van der Waals surface area contributed by atoms with Crippen LogP contribution in [0.25, 0.3) is 0 Å². The molecule has 5 nitrogen and oxygen atoms in total. The molecular weight excluding hydrogens is 304 g/mol. The van der Waals surface area contributed by atoms with E-state index in [1.54, 1.807) is 0 Å². The summed E-state index contributed by atoms with van der Waals surface area (Å²) in [6.07, 6.45) is 0.925. The van der Waals surface area contributed by atoms with E-state index in [1.165, 1.54) is 5.71 Å². The first-order chi connectivity index (χ1) is 11.0. The fraction of sp³-hybridized carbons (Fsp3) is 0.895. The van der Waals surface area contributed by atoms with Gasteiger partial charge >= 0.3 is 6.09 Å². The average Bonchev–Trinajstić information content (AvgIpc) is 2.76. The van der Waals surface area contributed by atoms with Gasteiger partial charge in [-0.05, 0) is 58.8 Å². The van der Waals surface area contributed by atoms with Crippen molar-refractivity contribution < 1.29 is 14.4 Å².